The molecule has 0 atom stereocenters. The summed E-state index contributed by atoms with van der Waals surface area (Å²) < 4.78 is 1.90. The first-order valence-corrected chi connectivity index (χ1v) is 7.90. The molecule has 0 saturated heterocycles. The summed E-state index contributed by atoms with van der Waals surface area (Å²) in [5.41, 5.74) is 1.51. The average molecular weight is 314 g/mol. The van der Waals surface area contributed by atoms with Gasteiger partial charge in [-0.25, -0.2) is 4.98 Å². The molecule has 1 aliphatic carbocycles. The standard InChI is InChI=1S/C13H17Cl2N5/c14-6-7-20-8-16-10-11(18-13(15)19-12(10)20)17-9-4-2-1-3-5-9/h8-9H,1-7H2,(H,17,18,19). The number of imidazole rings is 1. The molecule has 0 spiro atoms. The van der Waals surface area contributed by atoms with Gasteiger partial charge in [0.05, 0.1) is 6.33 Å². The van der Waals surface area contributed by atoms with Gasteiger partial charge in [-0.2, -0.15) is 9.97 Å². The van der Waals surface area contributed by atoms with E-state index in [1.54, 1.807) is 6.33 Å². The van der Waals surface area contributed by atoms with Crippen molar-refractivity contribution in [2.45, 2.75) is 44.7 Å². The smallest absolute Gasteiger partial charge is 0.226 e. The number of aromatic nitrogens is 4. The van der Waals surface area contributed by atoms with E-state index in [-0.39, 0.29) is 5.28 Å². The van der Waals surface area contributed by atoms with Crippen LogP contribution in [0.3, 0.4) is 0 Å². The molecule has 0 aliphatic heterocycles. The van der Waals surface area contributed by atoms with Gasteiger partial charge < -0.3 is 9.88 Å². The molecule has 108 valence electrons. The summed E-state index contributed by atoms with van der Waals surface area (Å²) in [7, 11) is 0. The van der Waals surface area contributed by atoms with Gasteiger partial charge in [0, 0.05) is 18.5 Å². The molecule has 2 aromatic rings. The van der Waals surface area contributed by atoms with Crippen LogP contribution < -0.4 is 5.32 Å². The highest BCUT2D eigenvalue weighted by Crippen LogP contribution is 2.25. The van der Waals surface area contributed by atoms with Gasteiger partial charge in [-0.05, 0) is 24.4 Å². The number of rotatable bonds is 4. The third kappa shape index (κ3) is 2.83. The van der Waals surface area contributed by atoms with Crippen molar-refractivity contribution in [2.24, 2.45) is 0 Å². The zero-order valence-corrected chi connectivity index (χ0v) is 12.7. The molecule has 3 rings (SSSR count). The Morgan fingerprint density at radius 1 is 1.25 bits per heavy atom. The number of hydrogen-bond donors (Lipinski definition) is 1. The van der Waals surface area contributed by atoms with Crippen molar-refractivity contribution in [3.05, 3.63) is 11.6 Å². The SMILES string of the molecule is ClCCn1cnc2c(NC3CCCCC3)nc(Cl)nc21. The number of hydrogen-bond acceptors (Lipinski definition) is 4. The molecular weight excluding hydrogens is 297 g/mol. The fourth-order valence-corrected chi connectivity index (χ4v) is 3.06. The van der Waals surface area contributed by atoms with Crippen molar-refractivity contribution in [2.75, 3.05) is 11.2 Å². The molecule has 0 bridgehead atoms. The minimum absolute atomic E-state index is 0.243. The maximum atomic E-state index is 6.03. The van der Waals surface area contributed by atoms with Gasteiger partial charge in [-0.1, -0.05) is 19.3 Å². The predicted molar refractivity (Wildman–Crippen MR) is 81.5 cm³/mol. The van der Waals surface area contributed by atoms with Crippen LogP contribution in [0.1, 0.15) is 32.1 Å². The molecule has 0 unspecified atom stereocenters. The molecule has 2 heterocycles. The topological polar surface area (TPSA) is 55.6 Å². The first-order chi connectivity index (χ1) is 9.78. The van der Waals surface area contributed by atoms with E-state index in [4.69, 9.17) is 23.2 Å². The highest BCUT2D eigenvalue weighted by atomic mass is 35.5. The molecule has 5 nitrogen and oxygen atoms in total. The van der Waals surface area contributed by atoms with Crippen LogP contribution >= 0.6 is 23.2 Å². The van der Waals surface area contributed by atoms with Crippen molar-refractivity contribution < 1.29 is 0 Å². The van der Waals surface area contributed by atoms with Crippen LogP contribution in [-0.4, -0.2) is 31.4 Å². The quantitative estimate of drug-likeness (QED) is 0.693. The lowest BCUT2D eigenvalue weighted by molar-refractivity contribution is 0.462. The van der Waals surface area contributed by atoms with Crippen molar-refractivity contribution in [3.8, 4) is 0 Å². The Labute approximate surface area is 127 Å². The number of fused-ring (bicyclic) bond motifs is 1. The second kappa shape index (κ2) is 6.14. The molecule has 1 saturated carbocycles. The second-order valence-corrected chi connectivity index (χ2v) is 5.84. The van der Waals surface area contributed by atoms with Crippen molar-refractivity contribution in [1.82, 2.24) is 19.5 Å². The number of anilines is 1. The fourth-order valence-electron chi connectivity index (χ4n) is 2.71. The third-order valence-corrected chi connectivity index (χ3v) is 4.05. The molecule has 7 heteroatoms. The summed E-state index contributed by atoms with van der Waals surface area (Å²) in [5.74, 6) is 1.25. The average Bonchev–Trinajstić information content (AvgIpc) is 2.84. The number of nitrogens with one attached hydrogen (secondary N) is 1. The van der Waals surface area contributed by atoms with E-state index in [2.05, 4.69) is 20.3 Å². The van der Waals surface area contributed by atoms with Crippen molar-refractivity contribution in [3.63, 3.8) is 0 Å². The van der Waals surface area contributed by atoms with Crippen LogP contribution in [0.5, 0.6) is 0 Å². The molecular formula is C13H17Cl2N5. The number of aryl methyl sites for hydroxylation is 1. The Morgan fingerprint density at radius 3 is 2.80 bits per heavy atom. The van der Waals surface area contributed by atoms with Gasteiger partial charge in [0.2, 0.25) is 5.28 Å². The molecule has 20 heavy (non-hydrogen) atoms. The summed E-state index contributed by atoms with van der Waals surface area (Å²) in [6.07, 6.45) is 7.93. The van der Waals surface area contributed by atoms with E-state index >= 15 is 0 Å². The number of halogens is 2. The Balaban J connectivity index is 1.93. The van der Waals surface area contributed by atoms with Crippen LogP contribution in [0, 0.1) is 0 Å². The van der Waals surface area contributed by atoms with Gasteiger partial charge in [-0.3, -0.25) is 0 Å². The predicted octanol–water partition coefficient (Wildman–Crippen LogP) is 3.46. The van der Waals surface area contributed by atoms with Crippen LogP contribution in [0.2, 0.25) is 5.28 Å². The highest BCUT2D eigenvalue weighted by molar-refractivity contribution is 6.28. The van der Waals surface area contributed by atoms with Gasteiger partial charge in [0.1, 0.15) is 0 Å². The number of alkyl halides is 1. The molecule has 2 aromatic heterocycles. The van der Waals surface area contributed by atoms with Crippen LogP contribution in [0.4, 0.5) is 5.82 Å². The van der Waals surface area contributed by atoms with E-state index in [1.165, 1.54) is 32.1 Å². The summed E-state index contributed by atoms with van der Waals surface area (Å²) in [6, 6.07) is 0.455. The van der Waals surface area contributed by atoms with Crippen molar-refractivity contribution in [1.29, 1.82) is 0 Å². The molecule has 1 aliphatic rings. The lowest BCUT2D eigenvalue weighted by atomic mass is 9.95. The largest absolute Gasteiger partial charge is 0.365 e. The summed E-state index contributed by atoms with van der Waals surface area (Å²) in [4.78, 5) is 13.0. The Morgan fingerprint density at radius 2 is 2.05 bits per heavy atom. The summed E-state index contributed by atoms with van der Waals surface area (Å²) in [5, 5.41) is 3.72. The third-order valence-electron chi connectivity index (χ3n) is 3.71. The maximum Gasteiger partial charge on any atom is 0.226 e. The molecule has 0 aromatic carbocycles. The minimum atomic E-state index is 0.243. The van der Waals surface area contributed by atoms with E-state index in [9.17, 15) is 0 Å². The van der Waals surface area contributed by atoms with E-state index in [1.807, 2.05) is 4.57 Å². The van der Waals surface area contributed by atoms with Gasteiger partial charge >= 0.3 is 0 Å². The van der Waals surface area contributed by atoms with Gasteiger partial charge in [0.15, 0.2) is 17.0 Å². The van der Waals surface area contributed by atoms with Crippen molar-refractivity contribution >= 4 is 40.2 Å². The molecule has 1 N–H and O–H groups in total. The van der Waals surface area contributed by atoms with E-state index in [0.29, 0.717) is 18.5 Å². The molecule has 0 radical (unpaired) electrons. The highest BCUT2D eigenvalue weighted by Gasteiger charge is 2.18. The van der Waals surface area contributed by atoms with Crippen LogP contribution in [0.15, 0.2) is 6.33 Å². The second-order valence-electron chi connectivity index (χ2n) is 5.12. The first kappa shape index (κ1) is 13.9. The lowest BCUT2D eigenvalue weighted by Gasteiger charge is -2.23. The summed E-state index contributed by atoms with van der Waals surface area (Å²) >= 11 is 11.8. The van der Waals surface area contributed by atoms with E-state index in [0.717, 1.165) is 17.0 Å². The zero-order chi connectivity index (χ0) is 13.9. The van der Waals surface area contributed by atoms with Crippen LogP contribution in [-0.2, 0) is 6.54 Å². The van der Waals surface area contributed by atoms with E-state index < -0.39 is 0 Å². The minimum Gasteiger partial charge on any atom is -0.365 e. The zero-order valence-electron chi connectivity index (χ0n) is 11.1. The fraction of sp³-hybridized carbons (Fsp3) is 0.615. The lowest BCUT2D eigenvalue weighted by Crippen LogP contribution is -2.23. The summed E-state index contributed by atoms with van der Waals surface area (Å²) in [6.45, 7) is 0.661. The monoisotopic (exact) mass is 313 g/mol. The Hall–Kier alpha value is -1.07. The molecule has 1 fully saturated rings. The van der Waals surface area contributed by atoms with Gasteiger partial charge in [0.25, 0.3) is 0 Å². The van der Waals surface area contributed by atoms with Gasteiger partial charge in [-0.15, -0.1) is 11.6 Å². The maximum absolute atomic E-state index is 6.03. The normalized spacial score (nSPS) is 16.7. The Bertz CT molecular complexity index is 592. The number of nitrogens with zero attached hydrogens (tertiary/aromatic N) is 4. The molecule has 0 amide bonds. The Kier molecular flexibility index (Phi) is 4.27. The first-order valence-electron chi connectivity index (χ1n) is 6.99. The van der Waals surface area contributed by atoms with Crippen LogP contribution in [0.25, 0.3) is 11.2 Å².